The summed E-state index contributed by atoms with van der Waals surface area (Å²) >= 11 is 6.13. The fourth-order valence-corrected chi connectivity index (χ4v) is 2.68. The van der Waals surface area contributed by atoms with Gasteiger partial charge in [0.1, 0.15) is 0 Å². The van der Waals surface area contributed by atoms with Crippen LogP contribution in [0.5, 0.6) is 0 Å². The van der Waals surface area contributed by atoms with Crippen LogP contribution in [0.2, 0.25) is 5.02 Å². The van der Waals surface area contributed by atoms with E-state index in [1.807, 2.05) is 0 Å². The average Bonchev–Trinajstić information content (AvgIpc) is 2.32. The molecule has 1 unspecified atom stereocenters. The second-order valence-corrected chi connectivity index (χ2v) is 7.27. The number of benzene rings is 1. The molecule has 0 saturated carbocycles. The normalized spacial score (nSPS) is 13.0. The van der Waals surface area contributed by atoms with Crippen LogP contribution in [0.15, 0.2) is 18.2 Å². The number of anilines is 2. The van der Waals surface area contributed by atoms with Crippen LogP contribution in [0.3, 0.4) is 0 Å². The number of hydrogen-bond donors (Lipinski definition) is 2. The summed E-state index contributed by atoms with van der Waals surface area (Å²) in [5.74, 6) is 0. The topological polar surface area (TPSA) is 58.2 Å². The Morgan fingerprint density at radius 3 is 2.60 bits per heavy atom. The molecule has 6 heteroatoms. The van der Waals surface area contributed by atoms with Crippen LogP contribution in [0.25, 0.3) is 0 Å². The predicted molar refractivity (Wildman–Crippen MR) is 87.1 cm³/mol. The highest BCUT2D eigenvalue weighted by Gasteiger charge is 2.08. The Balaban J connectivity index is 2.71. The molecule has 0 spiro atoms. The van der Waals surface area contributed by atoms with Gasteiger partial charge >= 0.3 is 0 Å². The summed E-state index contributed by atoms with van der Waals surface area (Å²) in [6.07, 6.45) is 5.77. The summed E-state index contributed by atoms with van der Waals surface area (Å²) in [6.45, 7) is 4.28. The van der Waals surface area contributed by atoms with Gasteiger partial charge in [0.2, 0.25) is 10.0 Å². The zero-order chi connectivity index (χ0) is 15.2. The summed E-state index contributed by atoms with van der Waals surface area (Å²) in [5, 5.41) is 3.92. The second kappa shape index (κ2) is 7.74. The highest BCUT2D eigenvalue weighted by Crippen LogP contribution is 2.27. The molecule has 4 nitrogen and oxygen atoms in total. The molecule has 0 heterocycles. The van der Waals surface area contributed by atoms with Crippen LogP contribution in [-0.2, 0) is 10.0 Å². The molecule has 0 aromatic heterocycles. The molecule has 0 aliphatic heterocycles. The second-order valence-electron chi connectivity index (χ2n) is 5.11. The molecule has 2 N–H and O–H groups in total. The van der Waals surface area contributed by atoms with E-state index in [-0.39, 0.29) is 0 Å². The third kappa shape index (κ3) is 6.48. The van der Waals surface area contributed by atoms with Crippen molar-refractivity contribution in [2.24, 2.45) is 0 Å². The van der Waals surface area contributed by atoms with E-state index in [1.165, 1.54) is 19.3 Å². The maximum Gasteiger partial charge on any atom is 0.229 e. The summed E-state index contributed by atoms with van der Waals surface area (Å²) < 4.78 is 24.9. The number of halogens is 1. The third-order valence-corrected chi connectivity index (χ3v) is 3.85. The molecule has 1 aromatic carbocycles. The van der Waals surface area contributed by atoms with E-state index in [9.17, 15) is 8.42 Å². The standard InChI is InChI=1S/C14H23ClN2O2S/c1-4-5-6-7-11(2)16-14-10-12(8-9-13(14)15)17-20(3,18)19/h8-11,16-17H,4-7H2,1-3H3. The quantitative estimate of drug-likeness (QED) is 0.710. The number of hydrogen-bond acceptors (Lipinski definition) is 3. The van der Waals surface area contributed by atoms with E-state index in [0.29, 0.717) is 16.8 Å². The molecular weight excluding hydrogens is 296 g/mol. The first-order chi connectivity index (χ1) is 9.31. The number of nitrogens with one attached hydrogen (secondary N) is 2. The highest BCUT2D eigenvalue weighted by atomic mass is 35.5. The molecule has 1 rings (SSSR count). The largest absolute Gasteiger partial charge is 0.381 e. The van der Waals surface area contributed by atoms with E-state index in [0.717, 1.165) is 18.4 Å². The summed E-state index contributed by atoms with van der Waals surface area (Å²) in [7, 11) is -3.27. The van der Waals surface area contributed by atoms with Crippen LogP contribution < -0.4 is 10.0 Å². The van der Waals surface area contributed by atoms with Crippen LogP contribution in [-0.4, -0.2) is 20.7 Å². The number of rotatable bonds is 8. The van der Waals surface area contributed by atoms with Crippen LogP contribution in [0, 0.1) is 0 Å². The molecule has 20 heavy (non-hydrogen) atoms. The lowest BCUT2D eigenvalue weighted by molar-refractivity contribution is 0.607. The van der Waals surface area contributed by atoms with Crippen LogP contribution in [0.1, 0.15) is 39.5 Å². The summed E-state index contributed by atoms with van der Waals surface area (Å²) in [5.41, 5.74) is 1.27. The number of unbranched alkanes of at least 4 members (excludes halogenated alkanes) is 2. The van der Waals surface area contributed by atoms with Crippen molar-refractivity contribution in [2.75, 3.05) is 16.3 Å². The van der Waals surface area contributed by atoms with Gasteiger partial charge in [-0.1, -0.05) is 37.8 Å². The molecular formula is C14H23ClN2O2S. The van der Waals surface area contributed by atoms with Gasteiger partial charge in [0, 0.05) is 6.04 Å². The molecule has 0 saturated heterocycles. The Morgan fingerprint density at radius 1 is 1.30 bits per heavy atom. The predicted octanol–water partition coefficient (Wildman–Crippen LogP) is 4.09. The molecule has 0 amide bonds. The van der Waals surface area contributed by atoms with E-state index >= 15 is 0 Å². The van der Waals surface area contributed by atoms with Gasteiger partial charge in [-0.15, -0.1) is 0 Å². The highest BCUT2D eigenvalue weighted by molar-refractivity contribution is 7.92. The Hall–Kier alpha value is -0.940. The molecule has 0 aliphatic rings. The molecule has 0 fully saturated rings. The van der Waals surface area contributed by atoms with Gasteiger partial charge in [0.25, 0.3) is 0 Å². The van der Waals surface area contributed by atoms with Gasteiger partial charge in [-0.25, -0.2) is 8.42 Å². The first-order valence-corrected chi connectivity index (χ1v) is 9.12. The maximum absolute atomic E-state index is 11.2. The molecule has 0 bridgehead atoms. The van der Waals surface area contributed by atoms with Crippen molar-refractivity contribution >= 4 is 33.0 Å². The van der Waals surface area contributed by atoms with Gasteiger partial charge in [-0.3, -0.25) is 4.72 Å². The monoisotopic (exact) mass is 318 g/mol. The van der Waals surface area contributed by atoms with Crippen molar-refractivity contribution in [3.8, 4) is 0 Å². The van der Waals surface area contributed by atoms with E-state index in [2.05, 4.69) is 23.9 Å². The molecule has 0 aliphatic carbocycles. The SMILES string of the molecule is CCCCCC(C)Nc1cc(NS(C)(=O)=O)ccc1Cl. The zero-order valence-electron chi connectivity index (χ0n) is 12.2. The Morgan fingerprint density at radius 2 is 2.00 bits per heavy atom. The fraction of sp³-hybridized carbons (Fsp3) is 0.571. The smallest absolute Gasteiger partial charge is 0.229 e. The minimum atomic E-state index is -3.27. The van der Waals surface area contributed by atoms with Crippen LogP contribution in [0.4, 0.5) is 11.4 Å². The summed E-state index contributed by atoms with van der Waals surface area (Å²) in [4.78, 5) is 0. The minimum Gasteiger partial charge on any atom is -0.381 e. The van der Waals surface area contributed by atoms with Gasteiger partial charge in [-0.05, 0) is 31.5 Å². The first-order valence-electron chi connectivity index (χ1n) is 6.85. The Kier molecular flexibility index (Phi) is 6.62. The fourth-order valence-electron chi connectivity index (χ4n) is 1.95. The third-order valence-electron chi connectivity index (χ3n) is 2.91. The molecule has 1 atom stereocenters. The molecule has 0 radical (unpaired) electrons. The van der Waals surface area contributed by atoms with Crippen molar-refractivity contribution in [2.45, 2.75) is 45.6 Å². The zero-order valence-corrected chi connectivity index (χ0v) is 13.8. The van der Waals surface area contributed by atoms with Crippen molar-refractivity contribution in [3.63, 3.8) is 0 Å². The van der Waals surface area contributed by atoms with Crippen molar-refractivity contribution < 1.29 is 8.42 Å². The lowest BCUT2D eigenvalue weighted by atomic mass is 10.1. The van der Waals surface area contributed by atoms with Crippen molar-refractivity contribution in [1.29, 1.82) is 0 Å². The van der Waals surface area contributed by atoms with Gasteiger partial charge in [0.15, 0.2) is 0 Å². The van der Waals surface area contributed by atoms with Crippen LogP contribution >= 0.6 is 11.6 Å². The average molecular weight is 319 g/mol. The minimum absolute atomic E-state index is 0.299. The summed E-state index contributed by atoms with van der Waals surface area (Å²) in [6, 6.07) is 5.36. The van der Waals surface area contributed by atoms with Gasteiger partial charge in [-0.2, -0.15) is 0 Å². The first kappa shape index (κ1) is 17.1. The van der Waals surface area contributed by atoms with Gasteiger partial charge < -0.3 is 5.32 Å². The van der Waals surface area contributed by atoms with Gasteiger partial charge in [0.05, 0.1) is 22.7 Å². The van der Waals surface area contributed by atoms with E-state index in [4.69, 9.17) is 11.6 Å². The Bertz CT molecular complexity index is 532. The van der Waals surface area contributed by atoms with Crippen molar-refractivity contribution in [3.05, 3.63) is 23.2 Å². The van der Waals surface area contributed by atoms with Crippen molar-refractivity contribution in [1.82, 2.24) is 0 Å². The molecule has 114 valence electrons. The Labute approximate surface area is 127 Å². The van der Waals surface area contributed by atoms with E-state index < -0.39 is 10.0 Å². The lowest BCUT2D eigenvalue weighted by Crippen LogP contribution is -2.16. The maximum atomic E-state index is 11.2. The molecule has 1 aromatic rings. The van der Waals surface area contributed by atoms with E-state index in [1.54, 1.807) is 18.2 Å². The lowest BCUT2D eigenvalue weighted by Gasteiger charge is -2.17. The number of sulfonamides is 1.